The van der Waals surface area contributed by atoms with Gasteiger partial charge in [0.2, 0.25) is 0 Å². The Kier molecular flexibility index (Phi) is 58.5. The molecule has 0 amide bonds. The van der Waals surface area contributed by atoms with Crippen molar-refractivity contribution in [3.63, 3.8) is 0 Å². The third kappa shape index (κ3) is 53.5. The Morgan fingerprint density at radius 3 is 0.767 bits per heavy atom. The number of rotatable bonds is 60. The molecular weight excluding hydrogens is 1230 g/mol. The summed E-state index contributed by atoms with van der Waals surface area (Å²) in [5.74, 6) is 1.91. The fourth-order valence-corrected chi connectivity index (χ4v) is 11.8. The number of hydrogen-bond acceptors (Lipinski definition) is 23. The van der Waals surface area contributed by atoms with Gasteiger partial charge in [-0.3, -0.25) is 38.4 Å². The average Bonchev–Trinajstić information content (AvgIpc) is 3.60. The molecule has 0 aliphatic heterocycles. The number of hydrogen-bond donors (Lipinski definition) is 0. The molecule has 90 heavy (non-hydrogen) atoms. The van der Waals surface area contributed by atoms with Crippen molar-refractivity contribution in [1.82, 2.24) is 14.7 Å². The van der Waals surface area contributed by atoms with Crippen molar-refractivity contribution in [2.45, 2.75) is 145 Å². The first kappa shape index (κ1) is 86.0. The lowest BCUT2D eigenvalue weighted by atomic mass is 10.2. The molecule has 0 N–H and O–H groups in total. The van der Waals surface area contributed by atoms with E-state index >= 15 is 0 Å². The molecule has 0 saturated heterocycles. The summed E-state index contributed by atoms with van der Waals surface area (Å²) in [4.78, 5) is 108. The van der Waals surface area contributed by atoms with Gasteiger partial charge < -0.3 is 52.6 Å². The number of carbonyl (C=O) groups excluding carboxylic acids is 8. The predicted molar refractivity (Wildman–Crippen MR) is 368 cm³/mol. The van der Waals surface area contributed by atoms with E-state index in [1.807, 2.05) is 44.5 Å². The van der Waals surface area contributed by atoms with E-state index in [4.69, 9.17) is 37.9 Å². The van der Waals surface area contributed by atoms with Gasteiger partial charge in [-0.05, 0) is 120 Å². The highest BCUT2D eigenvalue weighted by atomic mass is 32.2. The minimum Gasteiger partial charge on any atom is -0.462 e. The number of ether oxygens (including phenoxy) is 8. The van der Waals surface area contributed by atoms with E-state index in [0.29, 0.717) is 88.2 Å². The van der Waals surface area contributed by atoms with E-state index in [-0.39, 0.29) is 126 Å². The Morgan fingerprint density at radius 1 is 0.322 bits per heavy atom. The van der Waals surface area contributed by atoms with Crippen LogP contribution in [0.4, 0.5) is 0 Å². The van der Waals surface area contributed by atoms with Crippen LogP contribution < -0.4 is 0 Å². The molecule has 0 saturated carbocycles. The van der Waals surface area contributed by atoms with Gasteiger partial charge in [-0.2, -0.15) is 47.0 Å². The Bertz CT molecular complexity index is 1770. The molecule has 0 aromatic heterocycles. The molecule has 4 atom stereocenters. The zero-order valence-corrected chi connectivity index (χ0v) is 59.6. The van der Waals surface area contributed by atoms with Crippen LogP contribution in [0.25, 0.3) is 0 Å². The molecule has 0 radical (unpaired) electrons. The van der Waals surface area contributed by atoms with Crippen molar-refractivity contribution in [2.24, 2.45) is 23.7 Å². The van der Waals surface area contributed by atoms with Gasteiger partial charge in [0.15, 0.2) is 0 Å². The average molecular weight is 1350 g/mol. The molecular formula is C67H115N3O16S4. The molecule has 23 heteroatoms. The van der Waals surface area contributed by atoms with Crippen molar-refractivity contribution < 1.29 is 76.3 Å². The van der Waals surface area contributed by atoms with Crippen molar-refractivity contribution >= 4 is 94.8 Å². The zero-order valence-electron chi connectivity index (χ0n) is 56.3. The van der Waals surface area contributed by atoms with Crippen LogP contribution in [0.5, 0.6) is 0 Å². The molecule has 0 bridgehead atoms. The van der Waals surface area contributed by atoms with E-state index in [1.165, 1.54) is 0 Å². The molecule has 0 aliphatic rings. The second-order valence-electron chi connectivity index (χ2n) is 21.8. The predicted octanol–water partition coefficient (Wildman–Crippen LogP) is 11.1. The molecule has 4 unspecified atom stereocenters. The number of allylic oxidation sites excluding steroid dienone is 8. The lowest BCUT2D eigenvalue weighted by Gasteiger charge is -2.25. The topological polar surface area (TPSA) is 220 Å². The highest BCUT2D eigenvalue weighted by Crippen LogP contribution is 2.16. The van der Waals surface area contributed by atoms with Crippen LogP contribution in [0.2, 0.25) is 0 Å². The van der Waals surface area contributed by atoms with Gasteiger partial charge in [0, 0.05) is 49.2 Å². The Hall–Kier alpha value is -4.00. The van der Waals surface area contributed by atoms with Crippen molar-refractivity contribution in [2.75, 3.05) is 158 Å². The third-order valence-electron chi connectivity index (χ3n) is 13.3. The first-order chi connectivity index (χ1) is 43.5. The van der Waals surface area contributed by atoms with Gasteiger partial charge in [0.1, 0.15) is 52.9 Å². The normalized spacial score (nSPS) is 13.1. The zero-order chi connectivity index (χ0) is 66.7. The van der Waals surface area contributed by atoms with E-state index in [1.54, 1.807) is 47.0 Å². The Morgan fingerprint density at radius 2 is 0.544 bits per heavy atom. The summed E-state index contributed by atoms with van der Waals surface area (Å²) in [5, 5.41) is 0. The monoisotopic (exact) mass is 1350 g/mol. The van der Waals surface area contributed by atoms with E-state index in [0.717, 1.165) is 74.4 Å². The van der Waals surface area contributed by atoms with Crippen LogP contribution in [0, 0.1) is 23.7 Å². The van der Waals surface area contributed by atoms with Crippen molar-refractivity contribution in [1.29, 1.82) is 0 Å². The summed E-state index contributed by atoms with van der Waals surface area (Å²) < 4.78 is 43.2. The van der Waals surface area contributed by atoms with Gasteiger partial charge in [0.05, 0.1) is 49.4 Å². The van der Waals surface area contributed by atoms with E-state index in [9.17, 15) is 38.4 Å². The maximum absolute atomic E-state index is 12.9. The number of carbonyl (C=O) groups is 8. The number of thioether (sulfide) groups is 4. The van der Waals surface area contributed by atoms with Gasteiger partial charge in [0.25, 0.3) is 0 Å². The second kappa shape index (κ2) is 61.2. The summed E-state index contributed by atoms with van der Waals surface area (Å²) in [6.45, 7) is 18.9. The molecule has 0 fully saturated rings. The summed E-state index contributed by atoms with van der Waals surface area (Å²) in [6, 6.07) is 0. The molecule has 0 aromatic carbocycles. The summed E-state index contributed by atoms with van der Waals surface area (Å²) >= 11 is 6.78. The Balaban J connectivity index is 5.51. The first-order valence-corrected chi connectivity index (χ1v) is 37.4. The molecule has 0 rings (SSSR count). The molecule has 0 spiro atoms. The minimum atomic E-state index is -0.460. The van der Waals surface area contributed by atoms with Gasteiger partial charge in [-0.25, -0.2) is 0 Å². The van der Waals surface area contributed by atoms with Crippen molar-refractivity contribution in [3.8, 4) is 0 Å². The minimum absolute atomic E-state index is 0.0455. The van der Waals surface area contributed by atoms with Crippen LogP contribution in [0.15, 0.2) is 48.6 Å². The molecule has 0 heterocycles. The SMILES string of the molecule is CC/C=C\CCSCC(C)C(=O)OCCOC(=O)CCN(CCCN(C)CCCN(CCC(=O)OCCOC(=O)C(C)CSCC/C=C\CC)CCC(=O)OCCOC(=O)C(C)CSCC/C=C\CC)CCC(=O)OCCOC(=O)C(C)CSCC/C=C\CC. The third-order valence-corrected chi connectivity index (χ3v) is 18.4. The second-order valence-corrected chi connectivity index (χ2v) is 26.4. The summed E-state index contributed by atoms with van der Waals surface area (Å²) in [6.07, 6.45) is 26.4. The van der Waals surface area contributed by atoms with Gasteiger partial charge in [-0.15, -0.1) is 0 Å². The molecule has 0 aromatic rings. The number of esters is 8. The first-order valence-electron chi connectivity index (χ1n) is 32.8. The largest absolute Gasteiger partial charge is 0.462 e. The van der Waals surface area contributed by atoms with Gasteiger partial charge >= 0.3 is 47.8 Å². The maximum atomic E-state index is 12.9. The lowest BCUT2D eigenvalue weighted by molar-refractivity contribution is -0.154. The van der Waals surface area contributed by atoms with Crippen LogP contribution in [-0.4, -0.2) is 221 Å². The quantitative estimate of drug-likeness (QED) is 0.0239. The van der Waals surface area contributed by atoms with Crippen LogP contribution in [0.3, 0.4) is 0 Å². The lowest BCUT2D eigenvalue weighted by Crippen LogP contribution is -2.34. The highest BCUT2D eigenvalue weighted by Gasteiger charge is 2.20. The van der Waals surface area contributed by atoms with E-state index < -0.39 is 23.9 Å². The fourth-order valence-electron chi connectivity index (χ4n) is 8.01. The maximum Gasteiger partial charge on any atom is 0.309 e. The molecule has 0 aliphatic carbocycles. The fraction of sp³-hybridized carbons (Fsp3) is 0.761. The molecule has 19 nitrogen and oxygen atoms in total. The highest BCUT2D eigenvalue weighted by molar-refractivity contribution is 7.99. The Labute approximate surface area is 558 Å². The van der Waals surface area contributed by atoms with Gasteiger partial charge in [-0.1, -0.05) is 104 Å². The van der Waals surface area contributed by atoms with E-state index in [2.05, 4.69) is 81.2 Å². The van der Waals surface area contributed by atoms with Crippen LogP contribution in [0.1, 0.15) is 145 Å². The summed E-state index contributed by atoms with van der Waals surface area (Å²) in [7, 11) is 1.99. The van der Waals surface area contributed by atoms with Crippen molar-refractivity contribution in [3.05, 3.63) is 48.6 Å². The molecule has 518 valence electrons. The smallest absolute Gasteiger partial charge is 0.309 e. The summed E-state index contributed by atoms with van der Waals surface area (Å²) in [5.41, 5.74) is 0. The standard InChI is InChI=1S/C67H115N3O16S4/c1-10-14-18-22-48-87-52-56(5)64(75)83-44-40-79-60(71)28-36-69(37-29-61(72)80-41-45-84-65(76)57(6)53-88-49-23-19-15-11-2)34-26-32-68(9)33-27-35-70(38-30-62(73)81-42-46-85-66(77)58(7)54-89-50-24-20-16-12-3)39-31-63(74)82-43-47-86-67(78)59(8)55-90-51-25-21-17-13-4/h14-21,56-59H,10-13,22-55H2,1-9H3/b18-14-,19-15-,20-16-,21-17-. The van der Waals surface area contributed by atoms with Crippen LogP contribution >= 0.6 is 47.0 Å². The van der Waals surface area contributed by atoms with Crippen LogP contribution in [-0.2, 0) is 76.3 Å². The number of nitrogens with zero attached hydrogens (tertiary/aromatic N) is 3.